The van der Waals surface area contributed by atoms with Crippen molar-refractivity contribution in [2.24, 2.45) is 5.73 Å². The zero-order chi connectivity index (χ0) is 11.7. The molecule has 0 aliphatic heterocycles. The molecule has 2 aromatic rings. The van der Waals surface area contributed by atoms with Crippen molar-refractivity contribution in [3.8, 4) is 0 Å². The van der Waals surface area contributed by atoms with Gasteiger partial charge in [-0.15, -0.1) is 0 Å². The van der Waals surface area contributed by atoms with E-state index in [9.17, 15) is 13.6 Å². The fourth-order valence-electron chi connectivity index (χ4n) is 1.68. The molecule has 0 bridgehead atoms. The van der Waals surface area contributed by atoms with Gasteiger partial charge in [-0.2, -0.15) is 0 Å². The highest BCUT2D eigenvalue weighted by molar-refractivity contribution is 5.84. The number of nitrogens with one attached hydrogen (secondary N) is 1. The van der Waals surface area contributed by atoms with Crippen molar-refractivity contribution >= 4 is 17.2 Å². The van der Waals surface area contributed by atoms with Crippen molar-refractivity contribution in [1.82, 2.24) is 4.98 Å². The number of nitrogens with two attached hydrogens (primary N) is 1. The molecule has 0 amide bonds. The van der Waals surface area contributed by atoms with E-state index < -0.39 is 17.7 Å². The fourth-order valence-corrected chi connectivity index (χ4v) is 1.68. The largest absolute Gasteiger partial charge is 0.358 e. The Balaban J connectivity index is 2.55. The summed E-state index contributed by atoms with van der Waals surface area (Å²) in [6, 6.07) is 1.26. The zero-order valence-corrected chi connectivity index (χ0v) is 8.26. The Morgan fingerprint density at radius 2 is 2.06 bits per heavy atom. The molecule has 0 fully saturated rings. The van der Waals surface area contributed by atoms with Crippen molar-refractivity contribution in [2.45, 2.75) is 12.5 Å². The lowest BCUT2D eigenvalue weighted by Gasteiger charge is -2.02. The normalized spacial score (nSPS) is 12.9. The second-order valence-electron chi connectivity index (χ2n) is 3.52. The first-order chi connectivity index (χ1) is 7.63. The minimum Gasteiger partial charge on any atom is -0.358 e. The quantitative estimate of drug-likeness (QED) is 0.826. The minimum absolute atomic E-state index is 0.0908. The first-order valence-corrected chi connectivity index (χ1v) is 4.70. The van der Waals surface area contributed by atoms with Crippen LogP contribution in [0.4, 0.5) is 8.78 Å². The molecule has 3 nitrogen and oxygen atoms in total. The summed E-state index contributed by atoms with van der Waals surface area (Å²) in [4.78, 5) is 12.9. The molecule has 1 heterocycles. The molecule has 5 heteroatoms. The Labute approximate surface area is 90.2 Å². The van der Waals surface area contributed by atoms with Crippen LogP contribution in [0, 0.1) is 11.6 Å². The molecule has 3 N–H and O–H groups in total. The highest BCUT2D eigenvalue weighted by atomic mass is 19.1. The third-order valence-corrected chi connectivity index (χ3v) is 2.41. The third kappa shape index (κ3) is 1.69. The van der Waals surface area contributed by atoms with Gasteiger partial charge in [-0.25, -0.2) is 8.78 Å². The molecule has 0 saturated heterocycles. The first kappa shape index (κ1) is 10.8. The smallest absolute Gasteiger partial charge is 0.217 e. The number of hydrogen-bond donors (Lipinski definition) is 2. The second-order valence-corrected chi connectivity index (χ2v) is 3.52. The highest BCUT2D eigenvalue weighted by Gasteiger charge is 2.14. The summed E-state index contributed by atoms with van der Waals surface area (Å²) in [5, 5.41) is 0.144. The van der Waals surface area contributed by atoms with Gasteiger partial charge in [-0.05, 0) is 24.1 Å². The number of fused-ring (bicyclic) bond motifs is 1. The Morgan fingerprint density at radius 1 is 1.38 bits per heavy atom. The van der Waals surface area contributed by atoms with Gasteiger partial charge in [0.25, 0.3) is 0 Å². The highest BCUT2D eigenvalue weighted by Crippen LogP contribution is 2.24. The van der Waals surface area contributed by atoms with Gasteiger partial charge in [0.2, 0.25) is 6.29 Å². The Kier molecular flexibility index (Phi) is 2.70. The molecule has 0 aliphatic carbocycles. The summed E-state index contributed by atoms with van der Waals surface area (Å²) in [6.45, 7) is 0. The number of benzene rings is 1. The van der Waals surface area contributed by atoms with E-state index in [4.69, 9.17) is 5.73 Å². The lowest BCUT2D eigenvalue weighted by molar-refractivity contribution is 0.541. The van der Waals surface area contributed by atoms with Crippen molar-refractivity contribution in [1.29, 1.82) is 0 Å². The van der Waals surface area contributed by atoms with Crippen LogP contribution in [0.3, 0.4) is 0 Å². The van der Waals surface area contributed by atoms with Gasteiger partial charge in [-0.3, -0.25) is 4.79 Å². The number of rotatable bonds is 3. The molecule has 1 aromatic carbocycles. The van der Waals surface area contributed by atoms with E-state index in [0.717, 1.165) is 12.1 Å². The van der Waals surface area contributed by atoms with Crippen molar-refractivity contribution in [3.05, 3.63) is 35.5 Å². The average molecular weight is 223 g/mol. The second kappa shape index (κ2) is 4.02. The van der Waals surface area contributed by atoms with Crippen LogP contribution in [-0.2, 0) is 11.2 Å². The van der Waals surface area contributed by atoms with E-state index in [2.05, 4.69) is 4.98 Å². The molecule has 1 aromatic heterocycles. The molecule has 83 valence electrons. The molecular weight excluding hydrogens is 214 g/mol. The first-order valence-electron chi connectivity index (χ1n) is 4.70. The molecule has 0 unspecified atom stereocenters. The Morgan fingerprint density at radius 3 is 2.75 bits per heavy atom. The standard InChI is InChI=1S/C11H9F2N2O/c12-8-1-2-9(13)11-10(8)6(4-15-11)3-7(14)5-16/h1-2,4,7,15H,3,14H2/t7-/m0/s1. The number of aromatic amines is 1. The van der Waals surface area contributed by atoms with Gasteiger partial charge in [-0.1, -0.05) is 0 Å². The Hall–Kier alpha value is -1.75. The third-order valence-electron chi connectivity index (χ3n) is 2.41. The van der Waals surface area contributed by atoms with Crippen LogP contribution in [-0.4, -0.2) is 17.3 Å². The fraction of sp³-hybridized carbons (Fsp3) is 0.182. The van der Waals surface area contributed by atoms with Gasteiger partial charge in [0.15, 0.2) is 0 Å². The molecule has 1 radical (unpaired) electrons. The van der Waals surface area contributed by atoms with Crippen LogP contribution in [0.1, 0.15) is 5.56 Å². The molecule has 0 saturated carbocycles. The van der Waals surface area contributed by atoms with Gasteiger partial charge < -0.3 is 10.7 Å². The van der Waals surface area contributed by atoms with Gasteiger partial charge in [0.1, 0.15) is 11.6 Å². The summed E-state index contributed by atoms with van der Waals surface area (Å²) in [7, 11) is 0. The molecule has 2 rings (SSSR count). The van der Waals surface area contributed by atoms with E-state index >= 15 is 0 Å². The summed E-state index contributed by atoms with van der Waals surface area (Å²) >= 11 is 0. The molecule has 0 spiro atoms. The van der Waals surface area contributed by atoms with Crippen molar-refractivity contribution in [2.75, 3.05) is 0 Å². The van der Waals surface area contributed by atoms with Gasteiger partial charge >= 0.3 is 0 Å². The minimum atomic E-state index is -0.832. The van der Waals surface area contributed by atoms with E-state index in [-0.39, 0.29) is 17.3 Å². The van der Waals surface area contributed by atoms with E-state index in [1.165, 1.54) is 6.20 Å². The van der Waals surface area contributed by atoms with Crippen LogP contribution in [0.25, 0.3) is 10.9 Å². The lowest BCUT2D eigenvalue weighted by atomic mass is 10.1. The predicted octanol–water partition coefficient (Wildman–Crippen LogP) is 1.43. The van der Waals surface area contributed by atoms with Gasteiger partial charge in [0, 0.05) is 11.6 Å². The Bertz CT molecular complexity index is 536. The summed E-state index contributed by atoms with van der Waals surface area (Å²) in [5.74, 6) is -1.07. The average Bonchev–Trinajstić information content (AvgIpc) is 2.68. The monoisotopic (exact) mass is 223 g/mol. The molecular formula is C11H9F2N2O. The van der Waals surface area contributed by atoms with Crippen LogP contribution in [0.2, 0.25) is 0 Å². The zero-order valence-electron chi connectivity index (χ0n) is 8.26. The summed E-state index contributed by atoms with van der Waals surface area (Å²) in [5.41, 5.74) is 5.96. The molecule has 1 atom stereocenters. The maximum absolute atomic E-state index is 13.5. The van der Waals surface area contributed by atoms with E-state index in [1.807, 2.05) is 0 Å². The lowest BCUT2D eigenvalue weighted by Crippen LogP contribution is -2.23. The van der Waals surface area contributed by atoms with E-state index in [1.54, 1.807) is 6.29 Å². The van der Waals surface area contributed by atoms with Crippen LogP contribution in [0.5, 0.6) is 0 Å². The van der Waals surface area contributed by atoms with Crippen LogP contribution in [0.15, 0.2) is 18.3 Å². The molecule has 0 aliphatic rings. The number of aromatic nitrogens is 1. The maximum atomic E-state index is 13.5. The number of carbonyl (C=O) groups excluding carboxylic acids is 1. The summed E-state index contributed by atoms with van der Waals surface area (Å²) in [6.07, 6.45) is 3.18. The maximum Gasteiger partial charge on any atom is 0.217 e. The van der Waals surface area contributed by atoms with Crippen LogP contribution < -0.4 is 5.73 Å². The molecule has 16 heavy (non-hydrogen) atoms. The number of hydrogen-bond acceptors (Lipinski definition) is 2. The topological polar surface area (TPSA) is 58.9 Å². The van der Waals surface area contributed by atoms with E-state index in [0.29, 0.717) is 5.56 Å². The number of H-pyrrole nitrogens is 1. The van der Waals surface area contributed by atoms with Crippen LogP contribution >= 0.6 is 0 Å². The predicted molar refractivity (Wildman–Crippen MR) is 55.6 cm³/mol. The SMILES string of the molecule is N[C@H]([C]=O)Cc1c[nH]c2c(F)ccc(F)c12. The summed E-state index contributed by atoms with van der Waals surface area (Å²) < 4.78 is 26.8. The number of halogens is 2. The van der Waals surface area contributed by atoms with Crippen molar-refractivity contribution < 1.29 is 13.6 Å². The van der Waals surface area contributed by atoms with Gasteiger partial charge in [0.05, 0.1) is 11.6 Å². The van der Waals surface area contributed by atoms with Crippen molar-refractivity contribution in [3.63, 3.8) is 0 Å².